The molecular weight excluding hydrogens is 696 g/mol. The number of anilines is 1. The molecule has 0 unspecified atom stereocenters. The number of carbonyl (C=O) groups excluding carboxylic acids is 3. The summed E-state index contributed by atoms with van der Waals surface area (Å²) in [5.74, 6) is 1.57. The molecule has 0 bridgehead atoms. The number of nitrogens with two attached hydrogens (primary N) is 1. The van der Waals surface area contributed by atoms with Crippen molar-refractivity contribution in [2.45, 2.75) is 25.8 Å². The van der Waals surface area contributed by atoms with E-state index >= 15 is 0 Å². The summed E-state index contributed by atoms with van der Waals surface area (Å²) in [5, 5.41) is 10.8. The van der Waals surface area contributed by atoms with Gasteiger partial charge in [-0.2, -0.15) is 5.10 Å². The standard InChI is InChI=1S/C38H46N8O8/c1-2-3-20-52-38(49)41-18-21-50-22-23-51-24-25-53-37(48)40-17-7-12-32(47)45-19-8-9-29(26-45)46-36-33(35(39)42-27-43-36)34(44-46)28-13-15-31(16-14-28)54-30-10-5-4-6-11-30/h2-7,10-16,27,29H,8-9,17-26H2,1H3,(H,40,48)(H,41,49)(H2,39,42,43)/b3-2-,12-7+/t29-/m1/s1. The number of likely N-dealkylation sites (tertiary alicyclic amines) is 1. The predicted molar refractivity (Wildman–Crippen MR) is 201 cm³/mol. The molecule has 16 heteroatoms. The van der Waals surface area contributed by atoms with Crippen LogP contribution in [-0.4, -0.2) is 109 Å². The third-order valence-electron chi connectivity index (χ3n) is 8.20. The van der Waals surface area contributed by atoms with Gasteiger partial charge in [-0.1, -0.05) is 36.4 Å². The number of carbonyl (C=O) groups is 3. The van der Waals surface area contributed by atoms with Crippen LogP contribution in [0.5, 0.6) is 11.5 Å². The third kappa shape index (κ3) is 11.8. The molecule has 5 rings (SSSR count). The van der Waals surface area contributed by atoms with E-state index in [4.69, 9.17) is 34.5 Å². The number of piperidine rings is 1. The molecular formula is C38H46N8O8. The molecule has 1 aliphatic heterocycles. The van der Waals surface area contributed by atoms with Crippen LogP contribution in [0.2, 0.25) is 0 Å². The van der Waals surface area contributed by atoms with Crippen LogP contribution < -0.4 is 21.1 Å². The Labute approximate surface area is 313 Å². The van der Waals surface area contributed by atoms with E-state index in [2.05, 4.69) is 20.6 Å². The van der Waals surface area contributed by atoms with Gasteiger partial charge in [0.15, 0.2) is 5.65 Å². The second kappa shape index (κ2) is 20.9. The van der Waals surface area contributed by atoms with E-state index < -0.39 is 12.2 Å². The van der Waals surface area contributed by atoms with Crippen molar-refractivity contribution >= 4 is 34.9 Å². The van der Waals surface area contributed by atoms with Crippen molar-refractivity contribution in [1.29, 1.82) is 0 Å². The molecule has 1 aliphatic rings. The highest BCUT2D eigenvalue weighted by Crippen LogP contribution is 2.35. The Morgan fingerprint density at radius 1 is 0.889 bits per heavy atom. The number of nitrogens with one attached hydrogen (secondary N) is 2. The van der Waals surface area contributed by atoms with Crippen molar-refractivity contribution in [3.63, 3.8) is 0 Å². The van der Waals surface area contributed by atoms with Crippen molar-refractivity contribution in [2.75, 3.05) is 71.6 Å². The summed E-state index contributed by atoms with van der Waals surface area (Å²) in [5.41, 5.74) is 8.43. The van der Waals surface area contributed by atoms with Crippen LogP contribution in [0, 0.1) is 0 Å². The van der Waals surface area contributed by atoms with E-state index in [1.165, 1.54) is 12.4 Å². The van der Waals surface area contributed by atoms with E-state index in [9.17, 15) is 14.4 Å². The lowest BCUT2D eigenvalue weighted by Gasteiger charge is -2.32. The summed E-state index contributed by atoms with van der Waals surface area (Å²) in [6.07, 6.45) is 8.41. The molecule has 0 aliphatic carbocycles. The van der Waals surface area contributed by atoms with Crippen molar-refractivity contribution in [3.05, 3.63) is 85.2 Å². The number of alkyl carbamates (subject to hydrolysis) is 2. The van der Waals surface area contributed by atoms with E-state index in [-0.39, 0.29) is 38.3 Å². The third-order valence-corrected chi connectivity index (χ3v) is 8.20. The molecule has 2 aromatic carbocycles. The Hall–Kier alpha value is -6.00. The van der Waals surface area contributed by atoms with Crippen LogP contribution in [0.15, 0.2) is 85.2 Å². The lowest BCUT2D eigenvalue weighted by atomic mass is 10.1. The fourth-order valence-corrected chi connectivity index (χ4v) is 5.58. The summed E-state index contributed by atoms with van der Waals surface area (Å²) in [7, 11) is 0. The van der Waals surface area contributed by atoms with Gasteiger partial charge in [0.25, 0.3) is 0 Å². The molecule has 4 N–H and O–H groups in total. The molecule has 4 aromatic rings. The second-order valence-corrected chi connectivity index (χ2v) is 12.0. The van der Waals surface area contributed by atoms with Gasteiger partial charge in [-0.05, 0) is 56.2 Å². The van der Waals surface area contributed by atoms with Crippen LogP contribution in [0.4, 0.5) is 15.4 Å². The molecule has 2 aromatic heterocycles. The maximum absolute atomic E-state index is 13.1. The first kappa shape index (κ1) is 39.2. The Morgan fingerprint density at radius 3 is 2.43 bits per heavy atom. The summed E-state index contributed by atoms with van der Waals surface area (Å²) in [6, 6.07) is 17.0. The fourth-order valence-electron chi connectivity index (χ4n) is 5.58. The lowest BCUT2D eigenvalue weighted by molar-refractivity contribution is -0.127. The average molecular weight is 743 g/mol. The molecule has 0 saturated carbocycles. The van der Waals surface area contributed by atoms with Gasteiger partial charge in [0.05, 0.1) is 37.9 Å². The van der Waals surface area contributed by atoms with E-state index in [1.54, 1.807) is 23.1 Å². The van der Waals surface area contributed by atoms with Crippen LogP contribution in [0.3, 0.4) is 0 Å². The second-order valence-electron chi connectivity index (χ2n) is 12.0. The molecule has 286 valence electrons. The SMILES string of the molecule is C/C=C\COC(=O)NCCOCCOCCOC(=O)NC/C=C/C(=O)N1CCC[C@@H](n2nc(-c3ccc(Oc4ccccc4)cc3)c3c(N)ncnc32)C1. The van der Waals surface area contributed by atoms with Crippen LogP contribution in [-0.2, 0) is 23.7 Å². The molecule has 16 nitrogen and oxygen atoms in total. The van der Waals surface area contributed by atoms with Gasteiger partial charge in [0.2, 0.25) is 5.91 Å². The number of benzene rings is 2. The number of para-hydroxylation sites is 1. The molecule has 3 amide bonds. The highest BCUT2D eigenvalue weighted by molar-refractivity contribution is 5.98. The van der Waals surface area contributed by atoms with Gasteiger partial charge in [-0.25, -0.2) is 24.2 Å². The Kier molecular flexibility index (Phi) is 15.2. The van der Waals surface area contributed by atoms with Gasteiger partial charge in [-0.15, -0.1) is 0 Å². The van der Waals surface area contributed by atoms with Gasteiger partial charge in [0.1, 0.15) is 42.6 Å². The number of aromatic nitrogens is 4. The number of rotatable bonds is 18. The number of allylic oxidation sites excluding steroid dienone is 1. The quantitative estimate of drug-likeness (QED) is 0.0727. The Balaban J connectivity index is 1.02. The predicted octanol–water partition coefficient (Wildman–Crippen LogP) is 4.65. The number of fused-ring (bicyclic) bond motifs is 1. The average Bonchev–Trinajstić information content (AvgIpc) is 3.59. The normalized spacial score (nSPS) is 14.4. The smallest absolute Gasteiger partial charge is 0.407 e. The van der Waals surface area contributed by atoms with E-state index in [0.717, 1.165) is 24.2 Å². The minimum Gasteiger partial charge on any atom is -0.457 e. The van der Waals surface area contributed by atoms with Gasteiger partial charge in [0, 0.05) is 37.8 Å². The highest BCUT2D eigenvalue weighted by Gasteiger charge is 2.28. The molecule has 0 radical (unpaired) electrons. The van der Waals surface area contributed by atoms with Crippen molar-refractivity contribution in [1.82, 2.24) is 35.3 Å². The van der Waals surface area contributed by atoms with Crippen molar-refractivity contribution in [2.24, 2.45) is 0 Å². The molecule has 1 atom stereocenters. The number of amides is 3. The maximum atomic E-state index is 13.1. The number of nitrogens with zero attached hydrogens (tertiary/aromatic N) is 5. The van der Waals surface area contributed by atoms with Crippen molar-refractivity contribution in [3.8, 4) is 22.8 Å². The van der Waals surface area contributed by atoms with Gasteiger partial charge in [-0.3, -0.25) is 4.79 Å². The van der Waals surface area contributed by atoms with E-state index in [0.29, 0.717) is 67.7 Å². The molecule has 1 saturated heterocycles. The number of hydrogen-bond acceptors (Lipinski definition) is 12. The molecule has 54 heavy (non-hydrogen) atoms. The monoisotopic (exact) mass is 742 g/mol. The fraction of sp³-hybridized carbons (Fsp3) is 0.368. The molecule has 1 fully saturated rings. The number of nitrogen functional groups attached to an aromatic ring is 1. The number of hydrogen-bond donors (Lipinski definition) is 3. The van der Waals surface area contributed by atoms with Gasteiger partial charge < -0.3 is 45.0 Å². The Bertz CT molecular complexity index is 1870. The zero-order valence-electron chi connectivity index (χ0n) is 30.2. The first-order valence-corrected chi connectivity index (χ1v) is 17.8. The summed E-state index contributed by atoms with van der Waals surface area (Å²) in [4.78, 5) is 47.1. The first-order valence-electron chi connectivity index (χ1n) is 17.8. The summed E-state index contributed by atoms with van der Waals surface area (Å²) >= 11 is 0. The minimum absolute atomic E-state index is 0.0532. The minimum atomic E-state index is -0.627. The lowest BCUT2D eigenvalue weighted by Crippen LogP contribution is -2.40. The Morgan fingerprint density at radius 2 is 1.63 bits per heavy atom. The molecule has 0 spiro atoms. The highest BCUT2D eigenvalue weighted by atomic mass is 16.6. The van der Waals surface area contributed by atoms with Crippen LogP contribution in [0.1, 0.15) is 25.8 Å². The summed E-state index contributed by atoms with van der Waals surface area (Å²) < 4.78 is 28.5. The first-order chi connectivity index (χ1) is 26.4. The van der Waals surface area contributed by atoms with Crippen LogP contribution >= 0.6 is 0 Å². The van der Waals surface area contributed by atoms with Gasteiger partial charge >= 0.3 is 12.2 Å². The largest absolute Gasteiger partial charge is 0.457 e. The van der Waals surface area contributed by atoms with Crippen molar-refractivity contribution < 1.29 is 38.1 Å². The zero-order valence-corrected chi connectivity index (χ0v) is 30.2. The number of ether oxygens (including phenoxy) is 5. The van der Waals surface area contributed by atoms with Crippen LogP contribution in [0.25, 0.3) is 22.3 Å². The molecule has 3 heterocycles. The topological polar surface area (TPSA) is 194 Å². The maximum Gasteiger partial charge on any atom is 0.407 e. The summed E-state index contributed by atoms with van der Waals surface area (Å²) in [6.45, 7) is 4.69. The zero-order chi connectivity index (χ0) is 38.0. The van der Waals surface area contributed by atoms with E-state index in [1.807, 2.05) is 66.2 Å².